The summed E-state index contributed by atoms with van der Waals surface area (Å²) in [5, 5.41) is 0. The Kier molecular flexibility index (Phi) is 3.99. The Bertz CT molecular complexity index is 490. The van der Waals surface area contributed by atoms with Gasteiger partial charge in [-0.15, -0.1) is 0 Å². The van der Waals surface area contributed by atoms with Gasteiger partial charge in [0.1, 0.15) is 5.75 Å². The minimum Gasteiger partial charge on any atom is -0.497 e. The zero-order valence-corrected chi connectivity index (χ0v) is 10.8. The zero-order valence-electron chi connectivity index (χ0n) is 10.8. The van der Waals surface area contributed by atoms with E-state index in [1.165, 1.54) is 5.56 Å². The molecule has 0 amide bonds. The Hall–Kier alpha value is -1.81. The third kappa shape index (κ3) is 2.90. The summed E-state index contributed by atoms with van der Waals surface area (Å²) in [5.41, 5.74) is 8.50. The van der Waals surface area contributed by atoms with E-state index in [0.29, 0.717) is 0 Å². The molecule has 2 aromatic rings. The van der Waals surface area contributed by atoms with E-state index in [2.05, 4.69) is 17.1 Å². The molecule has 0 aliphatic rings. The van der Waals surface area contributed by atoms with Crippen LogP contribution in [0.3, 0.4) is 0 Å². The number of rotatable bonds is 5. The Morgan fingerprint density at radius 2 is 2.06 bits per heavy atom. The van der Waals surface area contributed by atoms with Crippen molar-refractivity contribution in [2.24, 2.45) is 12.8 Å². The normalized spacial score (nSPS) is 12.4. The number of imidazole rings is 1. The molecule has 0 aliphatic carbocycles. The first-order valence-electron chi connectivity index (χ1n) is 6.05. The lowest BCUT2D eigenvalue weighted by molar-refractivity contribution is 0.414. The third-order valence-electron chi connectivity index (χ3n) is 3.14. The fourth-order valence-electron chi connectivity index (χ4n) is 1.99. The number of hydrogen-bond donors (Lipinski definition) is 1. The molecular formula is C14H19N3O. The third-order valence-corrected chi connectivity index (χ3v) is 3.14. The predicted molar refractivity (Wildman–Crippen MR) is 71.5 cm³/mol. The lowest BCUT2D eigenvalue weighted by Crippen LogP contribution is -2.14. The molecule has 0 saturated carbocycles. The highest BCUT2D eigenvalue weighted by Crippen LogP contribution is 2.17. The van der Waals surface area contributed by atoms with Gasteiger partial charge in [-0.3, -0.25) is 0 Å². The average Bonchev–Trinajstić information content (AvgIpc) is 2.83. The van der Waals surface area contributed by atoms with Crippen molar-refractivity contribution in [3.05, 3.63) is 48.0 Å². The first-order valence-corrected chi connectivity index (χ1v) is 6.05. The average molecular weight is 245 g/mol. The quantitative estimate of drug-likeness (QED) is 0.877. The molecule has 4 heteroatoms. The molecule has 18 heavy (non-hydrogen) atoms. The van der Waals surface area contributed by atoms with Gasteiger partial charge in [-0.1, -0.05) is 12.1 Å². The highest BCUT2D eigenvalue weighted by Gasteiger charge is 2.09. The van der Waals surface area contributed by atoms with Crippen LogP contribution in [0.1, 0.15) is 23.7 Å². The van der Waals surface area contributed by atoms with Gasteiger partial charge in [0.25, 0.3) is 0 Å². The minimum atomic E-state index is 0.0274. The molecule has 1 heterocycles. The molecule has 1 atom stereocenters. The van der Waals surface area contributed by atoms with Crippen molar-refractivity contribution in [1.82, 2.24) is 9.55 Å². The number of aryl methyl sites for hydroxylation is 2. The van der Waals surface area contributed by atoms with Crippen LogP contribution in [0.15, 0.2) is 36.8 Å². The number of nitrogens with two attached hydrogens (primary N) is 1. The highest BCUT2D eigenvalue weighted by atomic mass is 16.5. The largest absolute Gasteiger partial charge is 0.497 e. The van der Waals surface area contributed by atoms with E-state index in [1.807, 2.05) is 29.9 Å². The number of nitrogens with zero attached hydrogens (tertiary/aromatic N) is 2. The Balaban J connectivity index is 1.93. The van der Waals surface area contributed by atoms with Crippen LogP contribution >= 0.6 is 0 Å². The van der Waals surface area contributed by atoms with Crippen molar-refractivity contribution < 1.29 is 4.74 Å². The summed E-state index contributed by atoms with van der Waals surface area (Å²) in [5.74, 6) is 0.884. The van der Waals surface area contributed by atoms with Crippen LogP contribution < -0.4 is 10.5 Å². The van der Waals surface area contributed by atoms with E-state index in [0.717, 1.165) is 24.3 Å². The van der Waals surface area contributed by atoms with Crippen LogP contribution in [-0.2, 0) is 13.5 Å². The molecule has 0 bridgehead atoms. The molecule has 96 valence electrons. The second-order valence-electron chi connectivity index (χ2n) is 4.42. The fourth-order valence-corrected chi connectivity index (χ4v) is 1.99. The molecule has 2 rings (SSSR count). The van der Waals surface area contributed by atoms with Crippen molar-refractivity contribution in [2.45, 2.75) is 18.9 Å². The second-order valence-corrected chi connectivity index (χ2v) is 4.42. The maximum Gasteiger partial charge on any atom is 0.118 e. The van der Waals surface area contributed by atoms with Gasteiger partial charge in [0.2, 0.25) is 0 Å². The standard InChI is InChI=1S/C14H19N3O/c1-17-10-16-9-14(17)13(15)8-5-11-3-6-12(18-2)7-4-11/h3-4,6-7,9-10,13H,5,8,15H2,1-2H3. The number of hydrogen-bond acceptors (Lipinski definition) is 3. The van der Waals surface area contributed by atoms with Gasteiger partial charge in [-0.25, -0.2) is 4.98 Å². The maximum absolute atomic E-state index is 6.16. The van der Waals surface area contributed by atoms with Crippen LogP contribution in [0, 0.1) is 0 Å². The SMILES string of the molecule is COc1ccc(CCC(N)c2cncn2C)cc1. The van der Waals surface area contributed by atoms with E-state index in [9.17, 15) is 0 Å². The molecule has 0 spiro atoms. The Labute approximate surface area is 107 Å². The van der Waals surface area contributed by atoms with Gasteiger partial charge < -0.3 is 15.0 Å². The van der Waals surface area contributed by atoms with Crippen molar-refractivity contribution in [3.8, 4) is 5.75 Å². The van der Waals surface area contributed by atoms with Gasteiger partial charge >= 0.3 is 0 Å². The molecule has 1 unspecified atom stereocenters. The highest BCUT2D eigenvalue weighted by molar-refractivity contribution is 5.27. The zero-order chi connectivity index (χ0) is 13.0. The van der Waals surface area contributed by atoms with Gasteiger partial charge in [0.15, 0.2) is 0 Å². The molecule has 0 aliphatic heterocycles. The van der Waals surface area contributed by atoms with Gasteiger partial charge in [-0.2, -0.15) is 0 Å². The lowest BCUT2D eigenvalue weighted by Gasteiger charge is -2.12. The van der Waals surface area contributed by atoms with Crippen molar-refractivity contribution in [1.29, 1.82) is 0 Å². The van der Waals surface area contributed by atoms with Gasteiger partial charge in [0.05, 0.1) is 19.1 Å². The van der Waals surface area contributed by atoms with Crippen LogP contribution in [-0.4, -0.2) is 16.7 Å². The minimum absolute atomic E-state index is 0.0274. The number of ether oxygens (including phenoxy) is 1. The summed E-state index contributed by atoms with van der Waals surface area (Å²) in [6.45, 7) is 0. The van der Waals surface area contributed by atoms with Crippen LogP contribution in [0.2, 0.25) is 0 Å². The molecule has 4 nitrogen and oxygen atoms in total. The summed E-state index contributed by atoms with van der Waals surface area (Å²) in [6.07, 6.45) is 5.48. The molecular weight excluding hydrogens is 226 g/mol. The molecule has 0 saturated heterocycles. The molecule has 0 fully saturated rings. The summed E-state index contributed by atoms with van der Waals surface area (Å²) >= 11 is 0. The lowest BCUT2D eigenvalue weighted by atomic mass is 10.0. The van der Waals surface area contributed by atoms with E-state index in [4.69, 9.17) is 10.5 Å². The van der Waals surface area contributed by atoms with Crippen molar-refractivity contribution >= 4 is 0 Å². The summed E-state index contributed by atoms with van der Waals surface area (Å²) in [6, 6.07) is 8.14. The van der Waals surface area contributed by atoms with Crippen molar-refractivity contribution in [2.75, 3.05) is 7.11 Å². The Morgan fingerprint density at radius 1 is 1.33 bits per heavy atom. The molecule has 1 aromatic carbocycles. The second kappa shape index (κ2) is 5.69. The van der Waals surface area contributed by atoms with Crippen LogP contribution in [0.5, 0.6) is 5.75 Å². The molecule has 2 N–H and O–H groups in total. The smallest absolute Gasteiger partial charge is 0.118 e. The first kappa shape index (κ1) is 12.6. The van der Waals surface area contributed by atoms with Crippen LogP contribution in [0.4, 0.5) is 0 Å². The van der Waals surface area contributed by atoms with Gasteiger partial charge in [0, 0.05) is 19.3 Å². The van der Waals surface area contributed by atoms with Crippen molar-refractivity contribution in [3.63, 3.8) is 0 Å². The summed E-state index contributed by atoms with van der Waals surface area (Å²) < 4.78 is 7.10. The van der Waals surface area contributed by atoms with E-state index in [-0.39, 0.29) is 6.04 Å². The number of benzene rings is 1. The number of methoxy groups -OCH3 is 1. The van der Waals surface area contributed by atoms with Crippen LogP contribution in [0.25, 0.3) is 0 Å². The predicted octanol–water partition coefficient (Wildman–Crippen LogP) is 2.06. The van der Waals surface area contributed by atoms with E-state index < -0.39 is 0 Å². The summed E-state index contributed by atoms with van der Waals surface area (Å²) in [7, 11) is 3.64. The molecule has 0 radical (unpaired) electrons. The topological polar surface area (TPSA) is 53.1 Å². The number of aromatic nitrogens is 2. The van der Waals surface area contributed by atoms with E-state index in [1.54, 1.807) is 13.4 Å². The van der Waals surface area contributed by atoms with E-state index >= 15 is 0 Å². The fraction of sp³-hybridized carbons (Fsp3) is 0.357. The first-order chi connectivity index (χ1) is 8.70. The maximum atomic E-state index is 6.16. The summed E-state index contributed by atoms with van der Waals surface area (Å²) in [4.78, 5) is 4.09. The monoisotopic (exact) mass is 245 g/mol. The Morgan fingerprint density at radius 3 is 2.61 bits per heavy atom. The molecule has 1 aromatic heterocycles. The van der Waals surface area contributed by atoms with Gasteiger partial charge in [-0.05, 0) is 30.5 Å².